The zero-order valence-corrected chi connectivity index (χ0v) is 11.5. The van der Waals surface area contributed by atoms with Gasteiger partial charge in [-0.15, -0.1) is 16.5 Å². The van der Waals surface area contributed by atoms with Gasteiger partial charge in [-0.25, -0.2) is 0 Å². The first-order valence-electron chi connectivity index (χ1n) is 6.60. The van der Waals surface area contributed by atoms with Gasteiger partial charge in [-0.3, -0.25) is 5.32 Å². The smallest absolute Gasteiger partial charge is 0.332 e. The fourth-order valence-electron chi connectivity index (χ4n) is 1.46. The van der Waals surface area contributed by atoms with E-state index in [0.717, 1.165) is 32.4 Å². The molecule has 0 atom stereocenters. The quantitative estimate of drug-likeness (QED) is 0.456. The molecule has 1 aromatic rings. The van der Waals surface area contributed by atoms with Crippen molar-refractivity contribution >= 4 is 17.8 Å². The van der Waals surface area contributed by atoms with Gasteiger partial charge in [-0.2, -0.15) is 4.98 Å². The molecule has 0 saturated heterocycles. The van der Waals surface area contributed by atoms with Crippen LogP contribution in [-0.2, 0) is 0 Å². The maximum atomic E-state index is 5.66. The fraction of sp³-hybridized carbons (Fsp3) is 0.462. The van der Waals surface area contributed by atoms with Gasteiger partial charge < -0.3 is 11.1 Å². The van der Waals surface area contributed by atoms with E-state index in [2.05, 4.69) is 45.9 Å². The van der Waals surface area contributed by atoms with Crippen LogP contribution < -0.4 is 16.4 Å². The van der Waals surface area contributed by atoms with Gasteiger partial charge in [0.25, 0.3) is 0 Å². The van der Waals surface area contributed by atoms with Crippen molar-refractivity contribution in [2.75, 3.05) is 24.1 Å². The number of nitrogens with two attached hydrogens (primary N) is 2. The first kappa shape index (κ1) is 15.1. The van der Waals surface area contributed by atoms with Gasteiger partial charge >= 0.3 is 5.95 Å². The Morgan fingerprint density at radius 3 is 2.89 bits per heavy atom. The van der Waals surface area contributed by atoms with Crippen molar-refractivity contribution in [3.63, 3.8) is 0 Å². The van der Waals surface area contributed by atoms with Crippen LogP contribution in [0.15, 0.2) is 24.8 Å². The van der Waals surface area contributed by atoms with Crippen LogP contribution in [0.3, 0.4) is 0 Å². The predicted octanol–water partition coefficient (Wildman–Crippen LogP) is 0.993. The number of hydrogen-bond acceptors (Lipinski definition) is 5. The topological polar surface area (TPSA) is 93.3 Å². The molecule has 19 heavy (non-hydrogen) atoms. The molecule has 6 heteroatoms. The van der Waals surface area contributed by atoms with E-state index in [4.69, 9.17) is 5.73 Å². The van der Waals surface area contributed by atoms with E-state index in [0.29, 0.717) is 11.9 Å². The fourth-order valence-corrected chi connectivity index (χ4v) is 1.46. The summed E-state index contributed by atoms with van der Waals surface area (Å²) in [5.74, 6) is 1.38. The molecule has 0 fully saturated rings. The Balaban J connectivity index is 2.50. The molecule has 1 rings (SSSR count). The molecule has 0 aliphatic heterocycles. The molecule has 0 aliphatic rings. The summed E-state index contributed by atoms with van der Waals surface area (Å²) in [4.78, 5) is 12.4. The van der Waals surface area contributed by atoms with Crippen LogP contribution in [0.5, 0.6) is 0 Å². The molecule has 5 N–H and O–H groups in total. The summed E-state index contributed by atoms with van der Waals surface area (Å²) in [6.45, 7) is 7.38. The third-order valence-electron chi connectivity index (χ3n) is 2.38. The number of hydrogen-bond donors (Lipinski definition) is 3. The van der Waals surface area contributed by atoms with Gasteiger partial charge in [0.1, 0.15) is 6.54 Å². The molecule has 0 aliphatic carbocycles. The lowest BCUT2D eigenvalue weighted by Crippen LogP contribution is -2.78. The molecule has 0 radical (unpaired) electrons. The molecule has 0 aromatic carbocycles. The van der Waals surface area contributed by atoms with E-state index in [1.165, 1.54) is 0 Å². The minimum atomic E-state index is 0.243. The van der Waals surface area contributed by atoms with Crippen molar-refractivity contribution in [2.24, 2.45) is 0 Å². The molecular formula is C13H23N6+. The van der Waals surface area contributed by atoms with Gasteiger partial charge in [-0.1, -0.05) is 19.1 Å². The number of anilines is 2. The third-order valence-corrected chi connectivity index (χ3v) is 2.38. The summed E-state index contributed by atoms with van der Waals surface area (Å²) in [5.41, 5.74) is 5.66. The van der Waals surface area contributed by atoms with Crippen LogP contribution >= 0.6 is 0 Å². The Labute approximate surface area is 114 Å². The Hall–Kier alpha value is -1.95. The van der Waals surface area contributed by atoms with Gasteiger partial charge in [0.05, 0.1) is 0 Å². The highest BCUT2D eigenvalue weighted by Crippen LogP contribution is 2.03. The van der Waals surface area contributed by atoms with Crippen LogP contribution in [0.1, 0.15) is 26.2 Å². The third kappa shape index (κ3) is 6.52. The summed E-state index contributed by atoms with van der Waals surface area (Å²) in [7, 11) is 0. The van der Waals surface area contributed by atoms with Gasteiger partial charge in [0.2, 0.25) is 11.9 Å². The maximum absolute atomic E-state index is 5.66. The number of quaternary nitrogens is 1. The number of rotatable bonds is 9. The molecule has 0 bridgehead atoms. The highest BCUT2D eigenvalue weighted by molar-refractivity contribution is 5.33. The molecule has 1 heterocycles. The molecule has 6 nitrogen and oxygen atoms in total. The van der Waals surface area contributed by atoms with E-state index in [9.17, 15) is 0 Å². The van der Waals surface area contributed by atoms with Crippen LogP contribution in [-0.4, -0.2) is 28.0 Å². The van der Waals surface area contributed by atoms with E-state index >= 15 is 0 Å². The average Bonchev–Trinajstić information content (AvgIpc) is 2.39. The minimum Gasteiger partial charge on any atom is -0.367 e. The monoisotopic (exact) mass is 263 g/mol. The summed E-state index contributed by atoms with van der Waals surface area (Å²) >= 11 is 0. The zero-order chi connectivity index (χ0) is 13.9. The van der Waals surface area contributed by atoms with E-state index in [-0.39, 0.29) is 5.95 Å². The second-order valence-corrected chi connectivity index (χ2v) is 4.05. The van der Waals surface area contributed by atoms with Crippen molar-refractivity contribution in [1.82, 2.24) is 15.0 Å². The van der Waals surface area contributed by atoms with Crippen LogP contribution in [0.2, 0.25) is 0 Å². The molecule has 104 valence electrons. The second-order valence-electron chi connectivity index (χ2n) is 4.05. The van der Waals surface area contributed by atoms with Crippen molar-refractivity contribution in [3.05, 3.63) is 24.8 Å². The predicted molar refractivity (Wildman–Crippen MR) is 78.0 cm³/mol. The van der Waals surface area contributed by atoms with Crippen molar-refractivity contribution < 1.29 is 5.32 Å². The van der Waals surface area contributed by atoms with Crippen molar-refractivity contribution in [3.8, 4) is 0 Å². The lowest BCUT2D eigenvalue weighted by molar-refractivity contribution is -0.568. The SMILES string of the molecule is C=CCCCNc1nc(N)nc([NH2+]CC=CCC)n1. The van der Waals surface area contributed by atoms with Crippen LogP contribution in [0.4, 0.5) is 17.8 Å². The standard InChI is InChI=1S/C13H22N6/c1-3-5-7-9-15-12-17-11(14)18-13(19-12)16-10-8-6-4-2/h3,6,8H,1,4-5,7,9-10H2,2H3,(H4,14,15,16,17,18,19)/p+1. The lowest BCUT2D eigenvalue weighted by atomic mass is 10.3. The zero-order valence-electron chi connectivity index (χ0n) is 11.5. The van der Waals surface area contributed by atoms with Crippen LogP contribution in [0.25, 0.3) is 0 Å². The summed E-state index contributed by atoms with van der Waals surface area (Å²) < 4.78 is 0. The normalized spacial score (nSPS) is 10.8. The van der Waals surface area contributed by atoms with Gasteiger partial charge in [0, 0.05) is 6.54 Å². The number of aromatic nitrogens is 3. The van der Waals surface area contributed by atoms with E-state index in [1.807, 2.05) is 11.4 Å². The highest BCUT2D eigenvalue weighted by atomic mass is 15.2. The molecular weight excluding hydrogens is 240 g/mol. The van der Waals surface area contributed by atoms with E-state index in [1.54, 1.807) is 0 Å². The number of unbranched alkanes of at least 4 members (excludes halogenated alkanes) is 1. The molecule has 1 aromatic heterocycles. The largest absolute Gasteiger partial charge is 0.367 e. The second kappa shape index (κ2) is 9.04. The van der Waals surface area contributed by atoms with Crippen molar-refractivity contribution in [2.45, 2.75) is 26.2 Å². The maximum Gasteiger partial charge on any atom is 0.332 e. The number of allylic oxidation sites excluding steroid dienone is 2. The number of nitrogens with one attached hydrogen (secondary N) is 1. The summed E-state index contributed by atoms with van der Waals surface area (Å²) in [5, 5.41) is 5.06. The summed E-state index contributed by atoms with van der Waals surface area (Å²) in [6, 6.07) is 0. The summed E-state index contributed by atoms with van der Waals surface area (Å²) in [6.07, 6.45) is 9.07. The minimum absolute atomic E-state index is 0.243. The number of nitrogen functional groups attached to an aromatic ring is 1. The molecule has 0 amide bonds. The first-order chi connectivity index (χ1) is 9.26. The molecule has 0 unspecified atom stereocenters. The van der Waals surface area contributed by atoms with Crippen LogP contribution in [0, 0.1) is 0 Å². The molecule has 0 saturated carbocycles. The Morgan fingerprint density at radius 1 is 1.32 bits per heavy atom. The Kier molecular flexibility index (Phi) is 7.19. The average molecular weight is 263 g/mol. The van der Waals surface area contributed by atoms with Crippen molar-refractivity contribution in [1.29, 1.82) is 0 Å². The lowest BCUT2D eigenvalue weighted by Gasteiger charge is -2.04. The first-order valence-corrected chi connectivity index (χ1v) is 6.60. The van der Waals surface area contributed by atoms with Gasteiger partial charge in [0.15, 0.2) is 0 Å². The Bertz CT molecular complexity index is 416. The highest BCUT2D eigenvalue weighted by Gasteiger charge is 2.06. The molecule has 0 spiro atoms. The van der Waals surface area contributed by atoms with Gasteiger partial charge in [-0.05, 0) is 25.3 Å². The Morgan fingerprint density at radius 2 is 2.16 bits per heavy atom. The van der Waals surface area contributed by atoms with E-state index < -0.39 is 0 Å². The number of nitrogens with zero attached hydrogens (tertiary/aromatic N) is 3.